The molecule has 19 heavy (non-hydrogen) atoms. The zero-order chi connectivity index (χ0) is 14.3. The lowest BCUT2D eigenvalue weighted by molar-refractivity contribution is 0.0527. The Morgan fingerprint density at radius 2 is 1.95 bits per heavy atom. The summed E-state index contributed by atoms with van der Waals surface area (Å²) in [6.45, 7) is 5.76. The van der Waals surface area contributed by atoms with Gasteiger partial charge in [-0.1, -0.05) is 17.7 Å². The van der Waals surface area contributed by atoms with E-state index in [1.165, 1.54) is 0 Å². The van der Waals surface area contributed by atoms with Gasteiger partial charge in [0.25, 0.3) is 0 Å². The number of ether oxygens (including phenoxy) is 1. The summed E-state index contributed by atoms with van der Waals surface area (Å²) in [5.74, 6) is -0.458. The molecule has 0 aliphatic carbocycles. The van der Waals surface area contributed by atoms with Crippen molar-refractivity contribution in [1.29, 1.82) is 0 Å². The Kier molecular flexibility index (Phi) is 5.60. The van der Waals surface area contributed by atoms with Crippen LogP contribution in [0.3, 0.4) is 0 Å². The molecule has 1 aromatic carbocycles. The Labute approximate surface area is 112 Å². The summed E-state index contributed by atoms with van der Waals surface area (Å²) < 4.78 is 4.93. The number of anilines is 1. The second-order valence-electron chi connectivity index (χ2n) is 4.09. The predicted octanol–water partition coefficient (Wildman–Crippen LogP) is 2.91. The van der Waals surface area contributed by atoms with Crippen LogP contribution in [0.25, 0.3) is 0 Å². The Balaban J connectivity index is 2.81. The van der Waals surface area contributed by atoms with Crippen molar-refractivity contribution in [3.63, 3.8) is 0 Å². The maximum absolute atomic E-state index is 11.7. The van der Waals surface area contributed by atoms with Crippen molar-refractivity contribution in [2.75, 3.05) is 11.9 Å². The number of amides is 2. The molecule has 0 fully saturated rings. The lowest BCUT2D eigenvalue weighted by Gasteiger charge is -2.10. The summed E-state index contributed by atoms with van der Waals surface area (Å²) in [7, 11) is 0. The second kappa shape index (κ2) is 7.20. The van der Waals surface area contributed by atoms with E-state index in [0.29, 0.717) is 11.3 Å². The molecule has 102 valence electrons. The third-order valence-corrected chi connectivity index (χ3v) is 2.16. The number of carbonyl (C=O) groups is 2. The van der Waals surface area contributed by atoms with Gasteiger partial charge in [0.1, 0.15) is 0 Å². The van der Waals surface area contributed by atoms with Gasteiger partial charge in [-0.2, -0.15) is 0 Å². The molecule has 0 spiro atoms. The van der Waals surface area contributed by atoms with E-state index < -0.39 is 12.0 Å². The van der Waals surface area contributed by atoms with E-state index in [2.05, 4.69) is 10.6 Å². The lowest BCUT2D eigenvalue weighted by atomic mass is 10.2. The Morgan fingerprint density at radius 3 is 2.58 bits per heavy atom. The highest BCUT2D eigenvalue weighted by Gasteiger charge is 2.13. The first kappa shape index (κ1) is 14.8. The molecule has 0 unspecified atom stereocenters. The average molecular weight is 262 g/mol. The fourth-order valence-electron chi connectivity index (χ4n) is 1.35. The molecule has 0 saturated carbocycles. The van der Waals surface area contributed by atoms with E-state index in [4.69, 9.17) is 4.74 Å². The van der Waals surface area contributed by atoms with Crippen molar-refractivity contribution in [3.8, 4) is 0 Å². The van der Waals surface area contributed by atoms with Gasteiger partial charge in [0.15, 0.2) is 0 Å². The molecule has 0 heterocycles. The number of allylic oxidation sites excluding steroid dienone is 1. The van der Waals surface area contributed by atoms with Gasteiger partial charge < -0.3 is 15.4 Å². The summed E-state index contributed by atoms with van der Waals surface area (Å²) in [6, 6.07) is 6.30. The third kappa shape index (κ3) is 4.83. The van der Waals surface area contributed by atoms with Gasteiger partial charge in [0.05, 0.1) is 17.9 Å². The first-order valence-corrected chi connectivity index (χ1v) is 6.01. The number of benzene rings is 1. The van der Waals surface area contributed by atoms with Crippen molar-refractivity contribution in [1.82, 2.24) is 5.32 Å². The molecule has 0 aliphatic heterocycles. The second-order valence-corrected chi connectivity index (χ2v) is 4.09. The fraction of sp³-hybridized carbons (Fsp3) is 0.286. The van der Waals surface area contributed by atoms with Crippen LogP contribution in [0.15, 0.2) is 36.0 Å². The number of carbonyl (C=O) groups excluding carboxylic acids is 2. The van der Waals surface area contributed by atoms with E-state index in [1.54, 1.807) is 37.4 Å². The maximum Gasteiger partial charge on any atom is 0.340 e. The Bertz CT molecular complexity index is 491. The van der Waals surface area contributed by atoms with Gasteiger partial charge in [-0.15, -0.1) is 0 Å². The van der Waals surface area contributed by atoms with Crippen LogP contribution in [0, 0.1) is 0 Å². The molecule has 0 atom stereocenters. The van der Waals surface area contributed by atoms with E-state index in [0.717, 1.165) is 5.57 Å². The number of urea groups is 1. The Hall–Kier alpha value is -2.30. The number of para-hydroxylation sites is 1. The number of esters is 1. The minimum absolute atomic E-state index is 0.289. The summed E-state index contributed by atoms with van der Waals surface area (Å²) in [4.78, 5) is 23.3. The first-order valence-electron chi connectivity index (χ1n) is 6.01. The van der Waals surface area contributed by atoms with E-state index >= 15 is 0 Å². The molecular formula is C14H18N2O3. The monoisotopic (exact) mass is 262 g/mol. The molecular weight excluding hydrogens is 244 g/mol. The van der Waals surface area contributed by atoms with Gasteiger partial charge in [0, 0.05) is 6.20 Å². The number of hydrogen-bond acceptors (Lipinski definition) is 3. The van der Waals surface area contributed by atoms with E-state index in [1.807, 2.05) is 13.8 Å². The van der Waals surface area contributed by atoms with Crippen LogP contribution < -0.4 is 10.6 Å². The predicted molar refractivity (Wildman–Crippen MR) is 74.0 cm³/mol. The van der Waals surface area contributed by atoms with Gasteiger partial charge in [-0.3, -0.25) is 0 Å². The number of rotatable bonds is 4. The summed E-state index contributed by atoms with van der Waals surface area (Å²) >= 11 is 0. The van der Waals surface area contributed by atoms with Gasteiger partial charge >= 0.3 is 12.0 Å². The smallest absolute Gasteiger partial charge is 0.340 e. The zero-order valence-electron chi connectivity index (χ0n) is 11.3. The normalized spacial score (nSPS) is 9.42. The highest BCUT2D eigenvalue weighted by molar-refractivity contribution is 6.00. The molecule has 1 rings (SSSR count). The number of hydrogen-bond donors (Lipinski definition) is 2. The quantitative estimate of drug-likeness (QED) is 0.820. The standard InChI is InChI=1S/C14H18N2O3/c1-4-19-13(17)11-7-5-6-8-12(11)16-14(18)15-9-10(2)3/h5-9H,4H2,1-3H3,(H2,15,16,18). The SMILES string of the molecule is CCOC(=O)c1ccccc1NC(=O)NC=C(C)C. The molecule has 0 aliphatic rings. The molecule has 0 bridgehead atoms. The van der Waals surface area contributed by atoms with Crippen LogP contribution >= 0.6 is 0 Å². The van der Waals surface area contributed by atoms with Crippen LogP contribution in [0.5, 0.6) is 0 Å². The molecule has 1 aromatic rings. The molecule has 0 radical (unpaired) electrons. The van der Waals surface area contributed by atoms with Crippen molar-refractivity contribution < 1.29 is 14.3 Å². The van der Waals surface area contributed by atoms with Crippen LogP contribution in [-0.2, 0) is 4.74 Å². The highest BCUT2D eigenvalue weighted by Crippen LogP contribution is 2.16. The molecule has 0 aromatic heterocycles. The van der Waals surface area contributed by atoms with Crippen molar-refractivity contribution in [2.24, 2.45) is 0 Å². The van der Waals surface area contributed by atoms with Gasteiger partial charge in [-0.05, 0) is 32.9 Å². The molecule has 5 nitrogen and oxygen atoms in total. The molecule has 2 amide bonds. The summed E-state index contributed by atoms with van der Waals surface area (Å²) in [5, 5.41) is 5.17. The van der Waals surface area contributed by atoms with Crippen LogP contribution in [0.1, 0.15) is 31.1 Å². The molecule has 0 saturated heterocycles. The minimum atomic E-state index is -0.458. The van der Waals surface area contributed by atoms with Gasteiger partial charge in [0.2, 0.25) is 0 Å². The lowest BCUT2D eigenvalue weighted by Crippen LogP contribution is -2.25. The van der Waals surface area contributed by atoms with Crippen LogP contribution in [0.4, 0.5) is 10.5 Å². The molecule has 5 heteroatoms. The topological polar surface area (TPSA) is 67.4 Å². The average Bonchev–Trinajstić information content (AvgIpc) is 2.37. The molecule has 2 N–H and O–H groups in total. The summed E-state index contributed by atoms with van der Waals surface area (Å²) in [5.41, 5.74) is 1.71. The fourth-order valence-corrected chi connectivity index (χ4v) is 1.35. The maximum atomic E-state index is 11.7. The van der Waals surface area contributed by atoms with Crippen LogP contribution in [-0.4, -0.2) is 18.6 Å². The Morgan fingerprint density at radius 1 is 1.26 bits per heavy atom. The first-order chi connectivity index (χ1) is 9.04. The van der Waals surface area contributed by atoms with Crippen molar-refractivity contribution >= 4 is 17.7 Å². The van der Waals surface area contributed by atoms with Crippen molar-refractivity contribution in [2.45, 2.75) is 20.8 Å². The summed E-state index contributed by atoms with van der Waals surface area (Å²) in [6.07, 6.45) is 1.59. The van der Waals surface area contributed by atoms with Crippen molar-refractivity contribution in [3.05, 3.63) is 41.6 Å². The van der Waals surface area contributed by atoms with Crippen LogP contribution in [0.2, 0.25) is 0 Å². The minimum Gasteiger partial charge on any atom is -0.462 e. The van der Waals surface area contributed by atoms with E-state index in [-0.39, 0.29) is 6.61 Å². The zero-order valence-corrected chi connectivity index (χ0v) is 11.3. The number of nitrogens with one attached hydrogen (secondary N) is 2. The highest BCUT2D eigenvalue weighted by atomic mass is 16.5. The third-order valence-electron chi connectivity index (χ3n) is 2.16. The van der Waals surface area contributed by atoms with Gasteiger partial charge in [-0.25, -0.2) is 9.59 Å². The van der Waals surface area contributed by atoms with E-state index in [9.17, 15) is 9.59 Å². The largest absolute Gasteiger partial charge is 0.462 e.